The van der Waals surface area contributed by atoms with Gasteiger partial charge >= 0.3 is 0 Å². The van der Waals surface area contributed by atoms with Gasteiger partial charge in [0.25, 0.3) is 0 Å². The zero-order valence-electron chi connectivity index (χ0n) is 21.5. The first-order valence-corrected chi connectivity index (χ1v) is 13.4. The molecule has 3 aliphatic rings. The van der Waals surface area contributed by atoms with E-state index in [4.69, 9.17) is 0 Å². The molecule has 0 spiro atoms. The van der Waals surface area contributed by atoms with E-state index in [1.807, 2.05) is 72.8 Å². The highest BCUT2D eigenvalue weighted by molar-refractivity contribution is 6.44. The van der Waals surface area contributed by atoms with Crippen molar-refractivity contribution in [3.05, 3.63) is 161 Å². The van der Waals surface area contributed by atoms with Crippen LogP contribution in [-0.2, 0) is 30.0 Å². The molecular formula is C36H24O4. The first kappa shape index (κ1) is 24.1. The molecule has 1 fully saturated rings. The second-order valence-electron chi connectivity index (χ2n) is 10.6. The predicted molar refractivity (Wildman–Crippen MR) is 152 cm³/mol. The van der Waals surface area contributed by atoms with Gasteiger partial charge in [0, 0.05) is 23.1 Å². The summed E-state index contributed by atoms with van der Waals surface area (Å²) in [6.45, 7) is 0. The maximum atomic E-state index is 15.1. The van der Waals surface area contributed by atoms with Crippen molar-refractivity contribution < 1.29 is 19.2 Å². The molecular weight excluding hydrogens is 496 g/mol. The van der Waals surface area contributed by atoms with Gasteiger partial charge in [0.05, 0.1) is 5.92 Å². The van der Waals surface area contributed by atoms with Crippen LogP contribution in [0, 0.1) is 0 Å². The van der Waals surface area contributed by atoms with E-state index in [2.05, 4.69) is 0 Å². The molecule has 0 bridgehead atoms. The summed E-state index contributed by atoms with van der Waals surface area (Å²) in [5.41, 5.74) is -0.377. The Morgan fingerprint density at radius 2 is 1.05 bits per heavy atom. The Balaban J connectivity index is 1.62. The zero-order chi connectivity index (χ0) is 27.5. The summed E-state index contributed by atoms with van der Waals surface area (Å²) in [6.07, 6.45) is 1.30. The molecule has 0 radical (unpaired) electrons. The lowest BCUT2D eigenvalue weighted by Gasteiger charge is -2.62. The van der Waals surface area contributed by atoms with Crippen LogP contribution in [-0.4, -0.2) is 23.1 Å². The highest BCUT2D eigenvalue weighted by Gasteiger charge is 2.78. The molecule has 0 N–H and O–H groups in total. The van der Waals surface area contributed by atoms with Gasteiger partial charge in [-0.3, -0.25) is 19.2 Å². The fourth-order valence-electron chi connectivity index (χ4n) is 7.21. The van der Waals surface area contributed by atoms with E-state index in [1.165, 1.54) is 6.08 Å². The van der Waals surface area contributed by atoms with E-state index in [1.54, 1.807) is 48.5 Å². The van der Waals surface area contributed by atoms with Gasteiger partial charge in [-0.15, -0.1) is 0 Å². The Morgan fingerprint density at radius 3 is 1.62 bits per heavy atom. The van der Waals surface area contributed by atoms with Crippen LogP contribution in [0.5, 0.6) is 0 Å². The smallest absolute Gasteiger partial charge is 0.184 e. The lowest BCUT2D eigenvalue weighted by Crippen LogP contribution is -2.73. The molecule has 7 rings (SSSR count). The third kappa shape index (κ3) is 2.91. The summed E-state index contributed by atoms with van der Waals surface area (Å²) in [6, 6.07) is 36.4. The number of allylic oxidation sites excluding steroid dienone is 4. The number of benzene rings is 4. The summed E-state index contributed by atoms with van der Waals surface area (Å²) >= 11 is 0. The molecule has 40 heavy (non-hydrogen) atoms. The summed E-state index contributed by atoms with van der Waals surface area (Å²) in [5.74, 6) is -2.00. The van der Waals surface area contributed by atoms with E-state index >= 15 is 9.59 Å². The fourth-order valence-corrected chi connectivity index (χ4v) is 7.21. The highest BCUT2D eigenvalue weighted by Crippen LogP contribution is 2.69. The van der Waals surface area contributed by atoms with E-state index in [-0.39, 0.29) is 40.5 Å². The SMILES string of the molecule is O=C1C=C(c2ccccc2)C(=O)[C@@]2(c3ccccc3)C1=C1C(=O)CC(c3ccccc3)C(=O)[C@@]12c1ccccc1. The van der Waals surface area contributed by atoms with Crippen molar-refractivity contribution >= 4 is 28.7 Å². The average Bonchev–Trinajstić information content (AvgIpc) is 2.99. The van der Waals surface area contributed by atoms with Crippen molar-refractivity contribution in [3.8, 4) is 0 Å². The van der Waals surface area contributed by atoms with Crippen LogP contribution < -0.4 is 0 Å². The Bertz CT molecular complexity index is 1770. The summed E-state index contributed by atoms with van der Waals surface area (Å²) in [5, 5.41) is 0. The molecule has 3 atom stereocenters. The quantitative estimate of drug-likeness (QED) is 0.345. The molecule has 4 aromatic rings. The van der Waals surface area contributed by atoms with Crippen LogP contribution in [0.15, 0.2) is 139 Å². The molecule has 0 saturated heterocycles. The monoisotopic (exact) mass is 520 g/mol. The second-order valence-corrected chi connectivity index (χ2v) is 10.6. The molecule has 192 valence electrons. The standard InChI is InChI=1S/C36H24O4/c37-29-21-27(23-13-5-1-6-14-23)33(39)35(25-17-9-3-10-18-25)31(29)32-30(38)22-28(24-15-7-2-8-16-24)34(40)36(32,35)26-19-11-4-12-20-26/h1-21,28H,22H2/t28?,35-,36-/m1/s1. The number of hydrogen-bond donors (Lipinski definition) is 0. The minimum Gasteiger partial charge on any atom is -0.298 e. The van der Waals surface area contributed by atoms with Gasteiger partial charge in [-0.2, -0.15) is 0 Å². The van der Waals surface area contributed by atoms with Gasteiger partial charge in [0.1, 0.15) is 10.8 Å². The molecule has 0 heterocycles. The van der Waals surface area contributed by atoms with Crippen LogP contribution in [0.3, 0.4) is 0 Å². The van der Waals surface area contributed by atoms with E-state index < -0.39 is 22.5 Å². The van der Waals surface area contributed by atoms with Gasteiger partial charge in [-0.05, 0) is 28.3 Å². The summed E-state index contributed by atoms with van der Waals surface area (Å²) in [7, 11) is 0. The lowest BCUT2D eigenvalue weighted by molar-refractivity contribution is -0.141. The van der Waals surface area contributed by atoms with Crippen molar-refractivity contribution in [1.29, 1.82) is 0 Å². The van der Waals surface area contributed by atoms with Crippen LogP contribution in [0.4, 0.5) is 0 Å². The second kappa shape index (κ2) is 8.78. The van der Waals surface area contributed by atoms with E-state index in [9.17, 15) is 9.59 Å². The highest BCUT2D eigenvalue weighted by atomic mass is 16.2. The first-order chi connectivity index (χ1) is 19.5. The minimum absolute atomic E-state index is 0.0438. The Kier molecular flexibility index (Phi) is 5.29. The maximum Gasteiger partial charge on any atom is 0.184 e. The van der Waals surface area contributed by atoms with Gasteiger partial charge in [0.15, 0.2) is 23.1 Å². The topological polar surface area (TPSA) is 68.3 Å². The molecule has 1 saturated carbocycles. The number of ketones is 4. The number of carbonyl (C=O) groups is 4. The number of rotatable bonds is 4. The molecule has 4 heteroatoms. The van der Waals surface area contributed by atoms with Crippen LogP contribution in [0.25, 0.3) is 5.57 Å². The van der Waals surface area contributed by atoms with Crippen LogP contribution in [0.1, 0.15) is 34.6 Å². The number of fused-ring (bicyclic) bond motifs is 3. The van der Waals surface area contributed by atoms with Crippen molar-refractivity contribution in [2.45, 2.75) is 23.2 Å². The Morgan fingerprint density at radius 1 is 0.550 bits per heavy atom. The van der Waals surface area contributed by atoms with Crippen LogP contribution in [0.2, 0.25) is 0 Å². The van der Waals surface area contributed by atoms with Gasteiger partial charge in [-0.1, -0.05) is 121 Å². The zero-order valence-corrected chi connectivity index (χ0v) is 21.5. The minimum atomic E-state index is -1.68. The number of carbonyl (C=O) groups excluding carboxylic acids is 4. The maximum absolute atomic E-state index is 15.1. The Hall–Kier alpha value is -4.96. The van der Waals surface area contributed by atoms with Crippen LogP contribution >= 0.6 is 0 Å². The van der Waals surface area contributed by atoms with Crippen molar-refractivity contribution in [3.63, 3.8) is 0 Å². The normalized spacial score (nSPS) is 25.6. The average molecular weight is 521 g/mol. The molecule has 1 unspecified atom stereocenters. The van der Waals surface area contributed by atoms with Gasteiger partial charge < -0.3 is 0 Å². The third-order valence-corrected chi connectivity index (χ3v) is 8.72. The summed E-state index contributed by atoms with van der Waals surface area (Å²) in [4.78, 5) is 58.3. The van der Waals surface area contributed by atoms with Crippen molar-refractivity contribution in [2.75, 3.05) is 0 Å². The lowest BCUT2D eigenvalue weighted by atomic mass is 9.34. The molecule has 0 amide bonds. The third-order valence-electron chi connectivity index (χ3n) is 8.72. The molecule has 4 aromatic carbocycles. The molecule has 4 nitrogen and oxygen atoms in total. The number of hydrogen-bond acceptors (Lipinski definition) is 4. The van der Waals surface area contributed by atoms with Crippen molar-refractivity contribution in [2.24, 2.45) is 0 Å². The number of Topliss-reactive ketones (excluding diaryl/α,β-unsaturated/α-hetero) is 3. The van der Waals surface area contributed by atoms with Crippen molar-refractivity contribution in [1.82, 2.24) is 0 Å². The molecule has 0 aromatic heterocycles. The molecule has 0 aliphatic heterocycles. The molecule has 3 aliphatic carbocycles. The summed E-state index contributed by atoms with van der Waals surface area (Å²) < 4.78 is 0. The van der Waals surface area contributed by atoms with Gasteiger partial charge in [0.2, 0.25) is 0 Å². The van der Waals surface area contributed by atoms with E-state index in [0.717, 1.165) is 5.56 Å². The largest absolute Gasteiger partial charge is 0.298 e. The van der Waals surface area contributed by atoms with Gasteiger partial charge in [-0.25, -0.2) is 0 Å². The fraction of sp³-hybridized carbons (Fsp3) is 0.111. The van der Waals surface area contributed by atoms with E-state index in [0.29, 0.717) is 16.7 Å². The predicted octanol–water partition coefficient (Wildman–Crippen LogP) is 5.73. The first-order valence-electron chi connectivity index (χ1n) is 13.4. The Labute approximate surface area is 231 Å².